The topological polar surface area (TPSA) is 102 Å². The fraction of sp³-hybridized carbons (Fsp3) is 0.200. The number of hydrogen-bond donors (Lipinski definition) is 1. The van der Waals surface area contributed by atoms with Crippen molar-refractivity contribution in [3.8, 4) is 0 Å². The maximum Gasteiger partial charge on any atom is 0.371 e. The molecule has 2 aromatic rings. The Balaban J connectivity index is 2.54. The molecule has 2 heterocycles. The van der Waals surface area contributed by atoms with E-state index in [1.165, 1.54) is 0 Å². The molecule has 7 nitrogen and oxygen atoms in total. The molecule has 18 heavy (non-hydrogen) atoms. The average Bonchev–Trinajstić information content (AvgIpc) is 2.85. The van der Waals surface area contributed by atoms with Gasteiger partial charge >= 0.3 is 16.0 Å². The van der Waals surface area contributed by atoms with Crippen molar-refractivity contribution < 1.29 is 22.7 Å². The van der Waals surface area contributed by atoms with E-state index in [0.29, 0.717) is 11.4 Å². The van der Waals surface area contributed by atoms with Crippen molar-refractivity contribution in [3.05, 3.63) is 35.3 Å². The first-order valence-corrected chi connectivity index (χ1v) is 6.38. The van der Waals surface area contributed by atoms with E-state index in [1.54, 1.807) is 19.9 Å². The van der Waals surface area contributed by atoms with Crippen molar-refractivity contribution in [2.24, 2.45) is 0 Å². The summed E-state index contributed by atoms with van der Waals surface area (Å²) in [6.45, 7) is 3.24. The van der Waals surface area contributed by atoms with Crippen LogP contribution in [-0.4, -0.2) is 28.7 Å². The monoisotopic (exact) mass is 270 g/mol. The zero-order valence-corrected chi connectivity index (χ0v) is 10.4. The van der Waals surface area contributed by atoms with Gasteiger partial charge in [-0.3, -0.25) is 0 Å². The first-order valence-electron chi connectivity index (χ1n) is 4.94. The van der Waals surface area contributed by atoms with Gasteiger partial charge in [0.05, 0.1) is 11.4 Å². The van der Waals surface area contributed by atoms with Crippen LogP contribution in [-0.2, 0) is 10.0 Å². The minimum absolute atomic E-state index is 0.417. The van der Waals surface area contributed by atoms with E-state index in [-0.39, 0.29) is 0 Å². The Morgan fingerprint density at radius 1 is 1.39 bits per heavy atom. The maximum atomic E-state index is 12.1. The molecule has 0 atom stereocenters. The van der Waals surface area contributed by atoms with Crippen molar-refractivity contribution in [3.63, 3.8) is 0 Å². The number of hydrogen-bond acceptors (Lipinski definition) is 5. The maximum absolute atomic E-state index is 12.1. The van der Waals surface area contributed by atoms with Crippen LogP contribution in [0.1, 0.15) is 21.9 Å². The molecule has 96 valence electrons. The molecule has 0 fully saturated rings. The van der Waals surface area contributed by atoms with Gasteiger partial charge in [-0.2, -0.15) is 17.6 Å². The number of nitrogens with zero attached hydrogens (tertiary/aromatic N) is 2. The van der Waals surface area contributed by atoms with Crippen LogP contribution in [0.5, 0.6) is 0 Å². The number of furan rings is 1. The first kappa shape index (κ1) is 12.4. The summed E-state index contributed by atoms with van der Waals surface area (Å²) in [7, 11) is -3.99. The zero-order valence-electron chi connectivity index (χ0n) is 9.61. The van der Waals surface area contributed by atoms with Crippen LogP contribution >= 0.6 is 0 Å². The quantitative estimate of drug-likeness (QED) is 0.893. The van der Waals surface area contributed by atoms with Crippen molar-refractivity contribution in [1.82, 2.24) is 9.19 Å². The minimum Gasteiger partial charge on any atom is -0.475 e. The van der Waals surface area contributed by atoms with E-state index in [4.69, 9.17) is 9.52 Å². The van der Waals surface area contributed by atoms with Gasteiger partial charge in [-0.25, -0.2) is 4.79 Å². The van der Waals surface area contributed by atoms with E-state index < -0.39 is 26.8 Å². The molecule has 0 aliphatic heterocycles. The molecule has 0 spiro atoms. The van der Waals surface area contributed by atoms with Crippen LogP contribution in [0.2, 0.25) is 0 Å². The molecule has 0 aliphatic carbocycles. The van der Waals surface area contributed by atoms with E-state index >= 15 is 0 Å². The summed E-state index contributed by atoms with van der Waals surface area (Å²) >= 11 is 0. The second-order valence-corrected chi connectivity index (χ2v) is 5.40. The standard InChI is InChI=1S/C10H10N2O5S/c1-6-5-7(2)12(11-6)18(15,16)9-4-3-8(17-9)10(13)14/h3-5H,1-2H3,(H,13,14). The van der Waals surface area contributed by atoms with E-state index in [2.05, 4.69) is 5.10 Å². The van der Waals surface area contributed by atoms with Crippen molar-refractivity contribution in [2.75, 3.05) is 0 Å². The third-order valence-corrected chi connectivity index (χ3v) is 3.79. The first-order chi connectivity index (χ1) is 8.32. The normalized spacial score (nSPS) is 11.7. The lowest BCUT2D eigenvalue weighted by Gasteiger charge is -2.02. The number of aryl methyl sites for hydroxylation is 2. The summed E-state index contributed by atoms with van der Waals surface area (Å²) in [5.74, 6) is -1.76. The number of rotatable bonds is 3. The molecule has 0 aliphatic rings. The third kappa shape index (κ3) is 1.90. The molecule has 1 N–H and O–H groups in total. The highest BCUT2D eigenvalue weighted by molar-refractivity contribution is 7.89. The molecule has 0 bridgehead atoms. The molecule has 2 rings (SSSR count). The Morgan fingerprint density at radius 2 is 2.06 bits per heavy atom. The van der Waals surface area contributed by atoms with E-state index in [0.717, 1.165) is 16.2 Å². The van der Waals surface area contributed by atoms with Gasteiger partial charge in [0.25, 0.3) is 0 Å². The molecule has 0 radical (unpaired) electrons. The summed E-state index contributed by atoms with van der Waals surface area (Å²) in [6, 6.07) is 3.77. The third-order valence-electron chi connectivity index (χ3n) is 2.24. The molecule has 2 aromatic heterocycles. The second-order valence-electron chi connectivity index (χ2n) is 3.70. The van der Waals surface area contributed by atoms with Crippen LogP contribution in [0.25, 0.3) is 0 Å². The number of aromatic nitrogens is 2. The van der Waals surface area contributed by atoms with E-state index in [9.17, 15) is 13.2 Å². The Bertz CT molecular complexity index is 710. The second kappa shape index (κ2) is 3.98. The minimum atomic E-state index is -3.99. The number of carboxylic acids is 1. The fourth-order valence-electron chi connectivity index (χ4n) is 1.51. The predicted molar refractivity (Wildman–Crippen MR) is 60.0 cm³/mol. The average molecular weight is 270 g/mol. The Morgan fingerprint density at radius 3 is 2.50 bits per heavy atom. The van der Waals surface area contributed by atoms with Crippen LogP contribution in [0.15, 0.2) is 27.7 Å². The van der Waals surface area contributed by atoms with Crippen LogP contribution in [0, 0.1) is 13.8 Å². The van der Waals surface area contributed by atoms with Gasteiger partial charge in [0.15, 0.2) is 0 Å². The molecule has 8 heteroatoms. The Labute approximate surface area is 103 Å². The lowest BCUT2D eigenvalue weighted by molar-refractivity contribution is 0.0656. The van der Waals surface area contributed by atoms with Gasteiger partial charge in [-0.1, -0.05) is 0 Å². The highest BCUT2D eigenvalue weighted by atomic mass is 32.2. The van der Waals surface area contributed by atoms with Gasteiger partial charge < -0.3 is 9.52 Å². The molecule has 0 saturated carbocycles. The SMILES string of the molecule is Cc1cc(C)n(S(=O)(=O)c2ccc(C(=O)O)o2)n1. The Kier molecular flexibility index (Phi) is 2.74. The molecule has 0 aromatic carbocycles. The van der Waals surface area contributed by atoms with Gasteiger partial charge in [-0.05, 0) is 32.0 Å². The Hall–Kier alpha value is -2.09. The van der Waals surface area contributed by atoms with Crippen molar-refractivity contribution >= 4 is 16.0 Å². The van der Waals surface area contributed by atoms with Crippen molar-refractivity contribution in [2.45, 2.75) is 18.9 Å². The van der Waals surface area contributed by atoms with Gasteiger partial charge in [0.1, 0.15) is 0 Å². The fourth-order valence-corrected chi connectivity index (χ4v) is 2.78. The lowest BCUT2D eigenvalue weighted by Crippen LogP contribution is -2.15. The van der Waals surface area contributed by atoms with Crippen LogP contribution in [0.4, 0.5) is 0 Å². The van der Waals surface area contributed by atoms with Crippen LogP contribution in [0.3, 0.4) is 0 Å². The number of carbonyl (C=O) groups is 1. The highest BCUT2D eigenvalue weighted by Gasteiger charge is 2.25. The number of aromatic carboxylic acids is 1. The van der Waals surface area contributed by atoms with Gasteiger partial charge in [0, 0.05) is 0 Å². The summed E-state index contributed by atoms with van der Waals surface area (Å²) < 4.78 is 29.8. The lowest BCUT2D eigenvalue weighted by atomic mass is 10.4. The molecule has 0 unspecified atom stereocenters. The summed E-state index contributed by atoms with van der Waals surface area (Å²) in [5.41, 5.74) is 0.960. The van der Waals surface area contributed by atoms with E-state index in [1.807, 2.05) is 0 Å². The molecular formula is C10H10N2O5S. The number of carboxylic acid groups (broad SMARTS) is 1. The summed E-state index contributed by atoms with van der Waals surface area (Å²) in [4.78, 5) is 10.6. The van der Waals surface area contributed by atoms with Crippen LogP contribution < -0.4 is 0 Å². The largest absolute Gasteiger partial charge is 0.475 e. The van der Waals surface area contributed by atoms with Gasteiger partial charge in [-0.15, -0.1) is 0 Å². The van der Waals surface area contributed by atoms with Crippen molar-refractivity contribution in [1.29, 1.82) is 0 Å². The van der Waals surface area contributed by atoms with Gasteiger partial charge in [0.2, 0.25) is 10.9 Å². The predicted octanol–water partition coefficient (Wildman–Crippen LogP) is 1.03. The summed E-state index contributed by atoms with van der Waals surface area (Å²) in [5, 5.41) is 12.1. The molecule has 0 amide bonds. The molecular weight excluding hydrogens is 260 g/mol. The zero-order chi connectivity index (χ0) is 13.5. The smallest absolute Gasteiger partial charge is 0.371 e. The highest BCUT2D eigenvalue weighted by Crippen LogP contribution is 2.18. The molecule has 0 saturated heterocycles. The summed E-state index contributed by atoms with van der Waals surface area (Å²) in [6.07, 6.45) is 0.